The number of carbonyl (C=O) groups excluding carboxylic acids is 2. The van der Waals surface area contributed by atoms with Gasteiger partial charge >= 0.3 is 6.18 Å². The van der Waals surface area contributed by atoms with Gasteiger partial charge in [-0.25, -0.2) is 0 Å². The van der Waals surface area contributed by atoms with Gasteiger partial charge in [-0.2, -0.15) is 13.2 Å². The molecular weight excluding hydrogens is 454 g/mol. The van der Waals surface area contributed by atoms with Crippen molar-refractivity contribution in [3.8, 4) is 5.75 Å². The lowest BCUT2D eigenvalue weighted by Crippen LogP contribution is -2.37. The first-order valence-electron chi connectivity index (χ1n) is 8.41. The maximum atomic E-state index is 12.4. The Morgan fingerprint density at radius 1 is 1.20 bits per heavy atom. The lowest BCUT2D eigenvalue weighted by Gasteiger charge is -2.12. The number of ether oxygens (including phenoxy) is 1. The molecule has 0 bridgehead atoms. The summed E-state index contributed by atoms with van der Waals surface area (Å²) < 4.78 is 46.8. The highest BCUT2D eigenvalue weighted by Crippen LogP contribution is 2.28. The molecule has 1 aromatic heterocycles. The van der Waals surface area contributed by atoms with Crippen LogP contribution in [0.4, 0.5) is 13.2 Å². The largest absolute Gasteiger partial charge is 0.484 e. The van der Waals surface area contributed by atoms with Gasteiger partial charge in [-0.1, -0.05) is 28.4 Å². The predicted octanol–water partition coefficient (Wildman–Crippen LogP) is 2.68. The predicted molar refractivity (Wildman–Crippen MR) is 99.4 cm³/mol. The van der Waals surface area contributed by atoms with Gasteiger partial charge in [0.25, 0.3) is 11.8 Å². The van der Waals surface area contributed by atoms with Crippen molar-refractivity contribution in [3.05, 3.63) is 45.8 Å². The van der Waals surface area contributed by atoms with E-state index in [-0.39, 0.29) is 31.1 Å². The summed E-state index contributed by atoms with van der Waals surface area (Å²) >= 11 is 11.6. The van der Waals surface area contributed by atoms with Gasteiger partial charge in [0.05, 0.1) is 16.1 Å². The molecule has 0 aliphatic carbocycles. The molecule has 0 saturated carbocycles. The average Bonchev–Trinajstić information content (AvgIpc) is 3.18. The van der Waals surface area contributed by atoms with Crippen LogP contribution in [0, 0.1) is 0 Å². The van der Waals surface area contributed by atoms with Crippen LogP contribution in [-0.2, 0) is 11.0 Å². The van der Waals surface area contributed by atoms with Crippen molar-refractivity contribution in [2.75, 3.05) is 19.7 Å². The Bertz CT molecular complexity index is 892. The van der Waals surface area contributed by atoms with Gasteiger partial charge in [-0.15, -0.1) is 0 Å². The number of aliphatic hydroxyl groups excluding tert-OH is 1. The van der Waals surface area contributed by atoms with Gasteiger partial charge in [0.1, 0.15) is 5.75 Å². The normalized spacial score (nSPS) is 12.3. The van der Waals surface area contributed by atoms with Crippen LogP contribution in [-0.4, -0.2) is 47.9 Å². The number of nitrogens with one attached hydrogen (secondary N) is 2. The summed E-state index contributed by atoms with van der Waals surface area (Å²) in [6, 6.07) is 4.96. The molecule has 2 rings (SSSR count). The molecule has 1 atom stereocenters. The number of aliphatic hydroxyl groups is 1. The molecule has 13 heteroatoms. The Labute approximate surface area is 178 Å². The van der Waals surface area contributed by atoms with Gasteiger partial charge in [-0.3, -0.25) is 9.59 Å². The number of nitrogens with zero attached hydrogens (tertiary/aromatic N) is 1. The average molecular weight is 470 g/mol. The van der Waals surface area contributed by atoms with E-state index in [2.05, 4.69) is 20.3 Å². The van der Waals surface area contributed by atoms with E-state index in [0.717, 1.165) is 0 Å². The Morgan fingerprint density at radius 3 is 2.57 bits per heavy atom. The maximum absolute atomic E-state index is 12.4. The standard InChI is InChI=1S/C17H16Cl2F3N3O5/c18-11-2-1-10(5-12(11)19)29-8-15(27)24-7-9(26)3-4-23-16(28)13-6-14(25-30-13)17(20,21)22/h1-2,5-6,9,26H,3-4,7-8H2,(H,23,28)(H,24,27)/t9-/m0/s1. The van der Waals surface area contributed by atoms with Crippen LogP contribution in [0.3, 0.4) is 0 Å². The zero-order chi connectivity index (χ0) is 22.3. The SMILES string of the molecule is O=C(COc1ccc(Cl)c(Cl)c1)NC[C@@H](O)CCNC(=O)c1cc(C(F)(F)F)no1. The maximum Gasteiger partial charge on any atom is 0.436 e. The minimum atomic E-state index is -4.72. The molecule has 0 saturated heterocycles. The molecule has 2 aromatic rings. The van der Waals surface area contributed by atoms with Crippen LogP contribution < -0.4 is 15.4 Å². The van der Waals surface area contributed by atoms with E-state index in [1.54, 1.807) is 0 Å². The van der Waals surface area contributed by atoms with E-state index in [1.807, 2.05) is 0 Å². The molecule has 1 heterocycles. The fraction of sp³-hybridized carbons (Fsp3) is 0.353. The van der Waals surface area contributed by atoms with E-state index in [0.29, 0.717) is 16.8 Å². The number of rotatable bonds is 9. The highest BCUT2D eigenvalue weighted by atomic mass is 35.5. The summed E-state index contributed by atoms with van der Waals surface area (Å²) in [4.78, 5) is 23.4. The Kier molecular flexibility index (Phi) is 8.33. The van der Waals surface area contributed by atoms with Gasteiger partial charge in [0, 0.05) is 25.2 Å². The minimum absolute atomic E-state index is 0.0277. The number of carbonyl (C=O) groups is 2. The van der Waals surface area contributed by atoms with Crippen molar-refractivity contribution >= 4 is 35.0 Å². The van der Waals surface area contributed by atoms with Crippen molar-refractivity contribution in [2.45, 2.75) is 18.7 Å². The van der Waals surface area contributed by atoms with Crippen LogP contribution in [0.25, 0.3) is 0 Å². The van der Waals surface area contributed by atoms with Gasteiger partial charge in [0.2, 0.25) is 5.76 Å². The molecule has 0 aliphatic heterocycles. The molecule has 0 spiro atoms. The summed E-state index contributed by atoms with van der Waals surface area (Å²) in [5.74, 6) is -1.69. The lowest BCUT2D eigenvalue weighted by molar-refractivity contribution is -0.142. The van der Waals surface area contributed by atoms with Gasteiger partial charge in [0.15, 0.2) is 12.3 Å². The molecule has 3 N–H and O–H groups in total. The number of benzene rings is 1. The van der Waals surface area contributed by atoms with Crippen molar-refractivity contribution in [1.82, 2.24) is 15.8 Å². The van der Waals surface area contributed by atoms with Crippen molar-refractivity contribution in [1.29, 1.82) is 0 Å². The fourth-order valence-electron chi connectivity index (χ4n) is 2.06. The quantitative estimate of drug-likeness (QED) is 0.520. The number of amides is 2. The van der Waals surface area contributed by atoms with E-state index < -0.39 is 35.5 Å². The molecule has 0 radical (unpaired) electrons. The van der Waals surface area contributed by atoms with Crippen molar-refractivity contribution in [2.24, 2.45) is 0 Å². The summed E-state index contributed by atoms with van der Waals surface area (Å²) in [6.07, 6.45) is -5.71. The summed E-state index contributed by atoms with van der Waals surface area (Å²) in [7, 11) is 0. The Hall–Kier alpha value is -2.50. The number of halogens is 5. The third kappa shape index (κ3) is 7.39. The highest BCUT2D eigenvalue weighted by molar-refractivity contribution is 6.42. The number of aromatic nitrogens is 1. The lowest BCUT2D eigenvalue weighted by atomic mass is 10.2. The molecule has 164 valence electrons. The first-order valence-corrected chi connectivity index (χ1v) is 9.16. The second-order valence-corrected chi connectivity index (χ2v) is 6.76. The van der Waals surface area contributed by atoms with Crippen LogP contribution in [0.15, 0.2) is 28.8 Å². The Balaban J connectivity index is 1.65. The topological polar surface area (TPSA) is 114 Å². The summed E-state index contributed by atoms with van der Waals surface area (Å²) in [6.45, 7) is -0.522. The fourth-order valence-corrected chi connectivity index (χ4v) is 2.34. The Morgan fingerprint density at radius 2 is 1.93 bits per heavy atom. The van der Waals surface area contributed by atoms with Crippen LogP contribution in [0.2, 0.25) is 10.0 Å². The molecule has 2 amide bonds. The molecule has 0 fully saturated rings. The molecule has 8 nitrogen and oxygen atoms in total. The zero-order valence-corrected chi connectivity index (χ0v) is 16.6. The zero-order valence-electron chi connectivity index (χ0n) is 15.1. The number of hydrogen-bond acceptors (Lipinski definition) is 6. The minimum Gasteiger partial charge on any atom is -0.484 e. The third-order valence-corrected chi connectivity index (χ3v) is 4.32. The van der Waals surface area contributed by atoms with Gasteiger partial charge in [-0.05, 0) is 18.6 Å². The van der Waals surface area contributed by atoms with Crippen molar-refractivity contribution < 1.29 is 37.1 Å². The second-order valence-electron chi connectivity index (χ2n) is 5.94. The van der Waals surface area contributed by atoms with Crippen LogP contribution >= 0.6 is 23.2 Å². The first-order chi connectivity index (χ1) is 14.1. The van der Waals surface area contributed by atoms with E-state index in [1.165, 1.54) is 18.2 Å². The van der Waals surface area contributed by atoms with Crippen LogP contribution in [0.5, 0.6) is 5.75 Å². The molecule has 30 heavy (non-hydrogen) atoms. The highest BCUT2D eigenvalue weighted by Gasteiger charge is 2.35. The third-order valence-electron chi connectivity index (χ3n) is 3.58. The number of alkyl halides is 3. The smallest absolute Gasteiger partial charge is 0.436 e. The summed E-state index contributed by atoms with van der Waals surface area (Å²) in [5, 5.41) is 17.9. The van der Waals surface area contributed by atoms with Crippen molar-refractivity contribution in [3.63, 3.8) is 0 Å². The monoisotopic (exact) mass is 469 g/mol. The molecule has 1 aromatic carbocycles. The molecule has 0 aliphatic rings. The van der Waals surface area contributed by atoms with Gasteiger partial charge < -0.3 is 25.0 Å². The van der Waals surface area contributed by atoms with E-state index >= 15 is 0 Å². The van der Waals surface area contributed by atoms with E-state index in [9.17, 15) is 27.9 Å². The van der Waals surface area contributed by atoms with E-state index in [4.69, 9.17) is 27.9 Å². The number of hydrogen-bond donors (Lipinski definition) is 3. The molecular formula is C17H16Cl2F3N3O5. The summed E-state index contributed by atoms with van der Waals surface area (Å²) in [5.41, 5.74) is -1.32. The first kappa shape index (κ1) is 23.8. The second kappa shape index (κ2) is 10.5. The van der Waals surface area contributed by atoms with Crippen LogP contribution in [0.1, 0.15) is 22.7 Å². The molecule has 0 unspecified atom stereocenters.